The van der Waals surface area contributed by atoms with Gasteiger partial charge in [0.05, 0.1) is 0 Å². The summed E-state index contributed by atoms with van der Waals surface area (Å²) in [4.78, 5) is 4.22. The Labute approximate surface area is 71.5 Å². The second-order valence-electron chi connectivity index (χ2n) is 3.16. The fourth-order valence-corrected chi connectivity index (χ4v) is 1.50. The van der Waals surface area contributed by atoms with Crippen LogP contribution in [0.15, 0.2) is 16.7 Å². The van der Waals surface area contributed by atoms with Gasteiger partial charge in [0, 0.05) is 5.92 Å². The molecule has 1 aromatic rings. The molecule has 3 heteroatoms. The molecule has 0 spiro atoms. The summed E-state index contributed by atoms with van der Waals surface area (Å²) < 4.78 is 5.11. The third kappa shape index (κ3) is 1.40. The first-order chi connectivity index (χ1) is 5.86. The molecule has 1 aliphatic rings. The van der Waals surface area contributed by atoms with Gasteiger partial charge in [-0.2, -0.15) is 4.98 Å². The smallest absolute Gasteiger partial charge is 0.230 e. The molecule has 0 saturated heterocycles. The highest BCUT2D eigenvalue weighted by Gasteiger charge is 2.17. The number of aryl methyl sites for hydroxylation is 1. The summed E-state index contributed by atoms with van der Waals surface area (Å²) in [5.74, 6) is 1.99. The van der Waals surface area contributed by atoms with Crippen LogP contribution in [0.5, 0.6) is 0 Å². The van der Waals surface area contributed by atoms with Crippen molar-refractivity contribution >= 4 is 0 Å². The van der Waals surface area contributed by atoms with Gasteiger partial charge in [-0.05, 0) is 26.2 Å². The van der Waals surface area contributed by atoms with Crippen LogP contribution in [0.25, 0.3) is 0 Å². The highest BCUT2D eigenvalue weighted by Crippen LogP contribution is 2.27. The van der Waals surface area contributed by atoms with Crippen LogP contribution in [0.4, 0.5) is 0 Å². The van der Waals surface area contributed by atoms with E-state index < -0.39 is 0 Å². The number of hydrogen-bond acceptors (Lipinski definition) is 3. The minimum atomic E-state index is 0.455. The zero-order valence-corrected chi connectivity index (χ0v) is 7.16. The second-order valence-corrected chi connectivity index (χ2v) is 3.16. The van der Waals surface area contributed by atoms with Crippen LogP contribution >= 0.6 is 0 Å². The maximum absolute atomic E-state index is 5.11. The lowest BCUT2D eigenvalue weighted by Crippen LogP contribution is -2.00. The average molecular weight is 164 g/mol. The van der Waals surface area contributed by atoms with E-state index in [2.05, 4.69) is 22.3 Å². The van der Waals surface area contributed by atoms with Crippen LogP contribution in [-0.4, -0.2) is 10.1 Å². The fraction of sp³-hybridized carbons (Fsp3) is 0.556. The third-order valence-corrected chi connectivity index (χ3v) is 2.16. The number of aromatic nitrogens is 2. The van der Waals surface area contributed by atoms with Crippen LogP contribution in [-0.2, 0) is 0 Å². The van der Waals surface area contributed by atoms with Gasteiger partial charge in [0.2, 0.25) is 5.89 Å². The maximum Gasteiger partial charge on any atom is 0.230 e. The van der Waals surface area contributed by atoms with Crippen molar-refractivity contribution in [3.05, 3.63) is 23.9 Å². The maximum atomic E-state index is 5.11. The quantitative estimate of drug-likeness (QED) is 0.597. The predicted molar refractivity (Wildman–Crippen MR) is 44.8 cm³/mol. The lowest BCUT2D eigenvalue weighted by molar-refractivity contribution is 0.342. The van der Waals surface area contributed by atoms with Crippen molar-refractivity contribution in [2.45, 2.75) is 32.1 Å². The van der Waals surface area contributed by atoms with E-state index in [1.165, 1.54) is 0 Å². The molecular weight excluding hydrogens is 152 g/mol. The molecule has 64 valence electrons. The van der Waals surface area contributed by atoms with Gasteiger partial charge >= 0.3 is 0 Å². The summed E-state index contributed by atoms with van der Waals surface area (Å²) >= 11 is 0. The van der Waals surface area contributed by atoms with Gasteiger partial charge in [0.15, 0.2) is 5.82 Å². The van der Waals surface area contributed by atoms with Gasteiger partial charge in [-0.25, -0.2) is 0 Å². The summed E-state index contributed by atoms with van der Waals surface area (Å²) in [6, 6.07) is 0. The number of hydrogen-bond donors (Lipinski definition) is 0. The van der Waals surface area contributed by atoms with Crippen LogP contribution in [0, 0.1) is 6.92 Å². The van der Waals surface area contributed by atoms with Gasteiger partial charge in [-0.3, -0.25) is 0 Å². The summed E-state index contributed by atoms with van der Waals surface area (Å²) in [6.07, 6.45) is 7.71. The molecule has 0 unspecified atom stereocenters. The highest BCUT2D eigenvalue weighted by atomic mass is 16.5. The van der Waals surface area contributed by atoms with Gasteiger partial charge < -0.3 is 4.52 Å². The normalized spacial score (nSPS) is 22.9. The zero-order valence-electron chi connectivity index (χ0n) is 7.16. The van der Waals surface area contributed by atoms with Crippen molar-refractivity contribution in [1.29, 1.82) is 0 Å². The van der Waals surface area contributed by atoms with Gasteiger partial charge in [-0.1, -0.05) is 17.3 Å². The molecule has 1 heterocycles. The van der Waals surface area contributed by atoms with Crippen LogP contribution < -0.4 is 0 Å². The third-order valence-electron chi connectivity index (χ3n) is 2.16. The minimum absolute atomic E-state index is 0.455. The standard InChI is InChI=1S/C9H12N2O/c1-7-10-9(12-11-7)8-5-3-2-4-6-8/h2-3,8H,4-6H2,1H3/t8-/m0/s1. The highest BCUT2D eigenvalue weighted by molar-refractivity contribution is 5.02. The van der Waals surface area contributed by atoms with Gasteiger partial charge in [0.25, 0.3) is 0 Å². The molecule has 0 saturated carbocycles. The Morgan fingerprint density at radius 3 is 3.00 bits per heavy atom. The molecular formula is C9H12N2O. The predicted octanol–water partition coefficient (Wildman–Crippen LogP) is 2.20. The van der Waals surface area contributed by atoms with E-state index in [1.807, 2.05) is 6.92 Å². The molecule has 3 nitrogen and oxygen atoms in total. The van der Waals surface area contributed by atoms with E-state index in [1.54, 1.807) is 0 Å². The molecule has 0 amide bonds. The van der Waals surface area contributed by atoms with Crippen molar-refractivity contribution in [2.75, 3.05) is 0 Å². The Bertz CT molecular complexity index is 290. The Kier molecular flexibility index (Phi) is 1.94. The molecule has 0 aliphatic heterocycles. The first-order valence-electron chi connectivity index (χ1n) is 4.31. The van der Waals surface area contributed by atoms with E-state index in [4.69, 9.17) is 4.52 Å². The van der Waals surface area contributed by atoms with Crippen LogP contribution in [0.1, 0.15) is 36.9 Å². The largest absolute Gasteiger partial charge is 0.339 e. The molecule has 1 aromatic heterocycles. The van der Waals surface area contributed by atoms with E-state index in [0.717, 1.165) is 31.0 Å². The fourth-order valence-electron chi connectivity index (χ4n) is 1.50. The first kappa shape index (κ1) is 7.53. The second kappa shape index (κ2) is 3.09. The first-order valence-corrected chi connectivity index (χ1v) is 4.31. The summed E-state index contributed by atoms with van der Waals surface area (Å²) in [5.41, 5.74) is 0. The SMILES string of the molecule is Cc1noc([C@H]2CC=CCC2)n1. The molecule has 1 aliphatic carbocycles. The van der Waals surface area contributed by atoms with E-state index in [9.17, 15) is 0 Å². The topological polar surface area (TPSA) is 38.9 Å². The Morgan fingerprint density at radius 1 is 1.50 bits per heavy atom. The molecule has 2 rings (SSSR count). The van der Waals surface area contributed by atoms with Crippen LogP contribution in [0.3, 0.4) is 0 Å². The monoisotopic (exact) mass is 164 g/mol. The van der Waals surface area contributed by atoms with Crippen molar-refractivity contribution < 1.29 is 4.52 Å². The summed E-state index contributed by atoms with van der Waals surface area (Å²) in [5, 5.41) is 3.78. The zero-order chi connectivity index (χ0) is 8.39. The van der Waals surface area contributed by atoms with Gasteiger partial charge in [0.1, 0.15) is 0 Å². The minimum Gasteiger partial charge on any atom is -0.339 e. The van der Waals surface area contributed by atoms with Crippen molar-refractivity contribution in [2.24, 2.45) is 0 Å². The Balaban J connectivity index is 2.14. The molecule has 0 N–H and O–H groups in total. The molecule has 0 radical (unpaired) electrons. The number of rotatable bonds is 1. The van der Waals surface area contributed by atoms with E-state index in [-0.39, 0.29) is 0 Å². The Morgan fingerprint density at radius 2 is 2.42 bits per heavy atom. The number of allylic oxidation sites excluding steroid dienone is 2. The van der Waals surface area contributed by atoms with Crippen molar-refractivity contribution in [3.63, 3.8) is 0 Å². The van der Waals surface area contributed by atoms with E-state index >= 15 is 0 Å². The number of nitrogens with zero attached hydrogens (tertiary/aromatic N) is 2. The molecule has 12 heavy (non-hydrogen) atoms. The lowest BCUT2D eigenvalue weighted by Gasteiger charge is -2.12. The average Bonchev–Trinajstić information content (AvgIpc) is 2.54. The van der Waals surface area contributed by atoms with Crippen LogP contribution in [0.2, 0.25) is 0 Å². The molecule has 0 aromatic carbocycles. The summed E-state index contributed by atoms with van der Waals surface area (Å²) in [6.45, 7) is 1.85. The lowest BCUT2D eigenvalue weighted by atomic mass is 9.94. The Hall–Kier alpha value is -1.12. The van der Waals surface area contributed by atoms with Crippen molar-refractivity contribution in [3.8, 4) is 0 Å². The molecule has 0 bridgehead atoms. The molecule has 1 atom stereocenters. The van der Waals surface area contributed by atoms with Gasteiger partial charge in [-0.15, -0.1) is 0 Å². The molecule has 0 fully saturated rings. The summed E-state index contributed by atoms with van der Waals surface area (Å²) in [7, 11) is 0. The van der Waals surface area contributed by atoms with E-state index in [0.29, 0.717) is 5.92 Å². The van der Waals surface area contributed by atoms with Crippen molar-refractivity contribution in [1.82, 2.24) is 10.1 Å².